The van der Waals surface area contributed by atoms with Crippen molar-refractivity contribution >= 4 is 11.6 Å². The van der Waals surface area contributed by atoms with Crippen LogP contribution in [0.15, 0.2) is 24.3 Å². The van der Waals surface area contributed by atoms with Gasteiger partial charge >= 0.3 is 0 Å². The number of halogens is 2. The molecule has 1 aromatic carbocycles. The molecule has 0 bridgehead atoms. The minimum absolute atomic E-state index is 0.114. The molecule has 0 heterocycles. The van der Waals surface area contributed by atoms with Crippen LogP contribution in [-0.4, -0.2) is 5.88 Å². The molecule has 0 aliphatic rings. The Labute approximate surface area is 96.5 Å². The van der Waals surface area contributed by atoms with Gasteiger partial charge in [-0.2, -0.15) is 0 Å². The summed E-state index contributed by atoms with van der Waals surface area (Å²) in [5, 5.41) is 0. The van der Waals surface area contributed by atoms with E-state index >= 15 is 0 Å². The molecular formula is C13H18ClF. The lowest BCUT2D eigenvalue weighted by molar-refractivity contribution is 0.434. The first kappa shape index (κ1) is 12.5. The lowest BCUT2D eigenvalue weighted by Crippen LogP contribution is -2.10. The Bertz CT molecular complexity index is 296. The van der Waals surface area contributed by atoms with Crippen molar-refractivity contribution < 1.29 is 4.39 Å². The maximum Gasteiger partial charge on any atom is 0.126 e. The van der Waals surface area contributed by atoms with Gasteiger partial charge in [0.05, 0.1) is 0 Å². The Kier molecular flexibility index (Phi) is 5.10. The van der Waals surface area contributed by atoms with Gasteiger partial charge in [0.1, 0.15) is 5.82 Å². The molecule has 84 valence electrons. The van der Waals surface area contributed by atoms with Crippen LogP contribution in [0.1, 0.15) is 25.8 Å². The molecule has 2 heteroatoms. The van der Waals surface area contributed by atoms with Crippen LogP contribution in [0.25, 0.3) is 0 Å². The molecule has 0 aliphatic carbocycles. The molecule has 1 aromatic rings. The van der Waals surface area contributed by atoms with Crippen LogP contribution in [-0.2, 0) is 6.42 Å². The van der Waals surface area contributed by atoms with Crippen molar-refractivity contribution in [3.05, 3.63) is 35.6 Å². The highest BCUT2D eigenvalue weighted by Gasteiger charge is 2.12. The highest BCUT2D eigenvalue weighted by Crippen LogP contribution is 2.20. The van der Waals surface area contributed by atoms with Gasteiger partial charge in [-0.3, -0.25) is 0 Å². The monoisotopic (exact) mass is 228 g/mol. The van der Waals surface area contributed by atoms with E-state index in [4.69, 9.17) is 11.6 Å². The molecule has 0 saturated heterocycles. The third-order valence-electron chi connectivity index (χ3n) is 2.49. The predicted octanol–water partition coefficient (Wildman–Crippen LogP) is 4.27. The van der Waals surface area contributed by atoms with E-state index in [2.05, 4.69) is 13.8 Å². The second-order valence-electron chi connectivity index (χ2n) is 4.45. The largest absolute Gasteiger partial charge is 0.207 e. The fraction of sp³-hybridized carbons (Fsp3) is 0.538. The summed E-state index contributed by atoms with van der Waals surface area (Å²) in [7, 11) is 0. The van der Waals surface area contributed by atoms with Crippen LogP contribution in [0.5, 0.6) is 0 Å². The molecule has 0 amide bonds. The average Bonchev–Trinajstić information content (AvgIpc) is 2.19. The second kappa shape index (κ2) is 6.12. The summed E-state index contributed by atoms with van der Waals surface area (Å²) in [6, 6.07) is 6.95. The minimum Gasteiger partial charge on any atom is -0.207 e. The van der Waals surface area contributed by atoms with Crippen molar-refractivity contribution in [1.82, 2.24) is 0 Å². The molecule has 0 fully saturated rings. The van der Waals surface area contributed by atoms with Crippen molar-refractivity contribution in [3.8, 4) is 0 Å². The second-order valence-corrected chi connectivity index (χ2v) is 4.75. The van der Waals surface area contributed by atoms with E-state index in [-0.39, 0.29) is 5.82 Å². The zero-order valence-electron chi connectivity index (χ0n) is 9.34. The number of hydrogen-bond acceptors (Lipinski definition) is 0. The smallest absolute Gasteiger partial charge is 0.126 e. The lowest BCUT2D eigenvalue weighted by atomic mass is 9.92. The number of hydrogen-bond donors (Lipinski definition) is 0. The van der Waals surface area contributed by atoms with E-state index in [1.54, 1.807) is 6.07 Å². The van der Waals surface area contributed by atoms with E-state index in [0.29, 0.717) is 17.7 Å². The molecule has 0 aliphatic heterocycles. The van der Waals surface area contributed by atoms with Gasteiger partial charge in [0.25, 0.3) is 0 Å². The molecule has 0 aromatic heterocycles. The molecule has 0 saturated carbocycles. The average molecular weight is 229 g/mol. The first-order chi connectivity index (χ1) is 7.13. The molecule has 1 rings (SSSR count). The maximum absolute atomic E-state index is 13.4. The standard InChI is InChI=1S/C13H18ClF/c1-10(2)7-11(9-14)8-12-5-3-4-6-13(12)15/h3-6,10-11H,7-9H2,1-2H3. The van der Waals surface area contributed by atoms with Crippen LogP contribution < -0.4 is 0 Å². The van der Waals surface area contributed by atoms with Gasteiger partial charge in [0.2, 0.25) is 0 Å². The fourth-order valence-corrected chi connectivity index (χ4v) is 2.08. The van der Waals surface area contributed by atoms with Crippen molar-refractivity contribution in [3.63, 3.8) is 0 Å². The summed E-state index contributed by atoms with van der Waals surface area (Å²) in [6.45, 7) is 4.34. The summed E-state index contributed by atoms with van der Waals surface area (Å²) in [6.07, 6.45) is 1.80. The SMILES string of the molecule is CC(C)CC(CCl)Cc1ccccc1F. The van der Waals surface area contributed by atoms with E-state index < -0.39 is 0 Å². The fourth-order valence-electron chi connectivity index (χ4n) is 1.84. The summed E-state index contributed by atoms with van der Waals surface area (Å²) in [5.41, 5.74) is 0.781. The van der Waals surface area contributed by atoms with Gasteiger partial charge in [-0.05, 0) is 36.3 Å². The Morgan fingerprint density at radius 2 is 1.93 bits per heavy atom. The van der Waals surface area contributed by atoms with Crippen molar-refractivity contribution in [1.29, 1.82) is 0 Å². The molecule has 0 radical (unpaired) electrons. The van der Waals surface area contributed by atoms with Gasteiger partial charge in [-0.1, -0.05) is 32.0 Å². The quantitative estimate of drug-likeness (QED) is 0.661. The summed E-state index contributed by atoms with van der Waals surface area (Å²) in [4.78, 5) is 0. The topological polar surface area (TPSA) is 0 Å². The van der Waals surface area contributed by atoms with Crippen molar-refractivity contribution in [2.45, 2.75) is 26.7 Å². The van der Waals surface area contributed by atoms with Crippen molar-refractivity contribution in [2.75, 3.05) is 5.88 Å². The molecular weight excluding hydrogens is 211 g/mol. The molecule has 0 N–H and O–H groups in total. The molecule has 15 heavy (non-hydrogen) atoms. The third-order valence-corrected chi connectivity index (χ3v) is 2.93. The summed E-state index contributed by atoms with van der Waals surface area (Å²) in [5.74, 6) is 1.48. The summed E-state index contributed by atoms with van der Waals surface area (Å²) < 4.78 is 13.4. The highest BCUT2D eigenvalue weighted by molar-refractivity contribution is 6.18. The Morgan fingerprint density at radius 1 is 1.27 bits per heavy atom. The zero-order chi connectivity index (χ0) is 11.3. The van der Waals surface area contributed by atoms with Crippen LogP contribution in [0.3, 0.4) is 0 Å². The van der Waals surface area contributed by atoms with Crippen LogP contribution in [0.4, 0.5) is 4.39 Å². The van der Waals surface area contributed by atoms with E-state index in [1.165, 1.54) is 6.07 Å². The maximum atomic E-state index is 13.4. The highest BCUT2D eigenvalue weighted by atomic mass is 35.5. The number of benzene rings is 1. The lowest BCUT2D eigenvalue weighted by Gasteiger charge is -2.16. The van der Waals surface area contributed by atoms with Crippen molar-refractivity contribution in [2.24, 2.45) is 11.8 Å². The molecule has 0 spiro atoms. The van der Waals surface area contributed by atoms with Gasteiger partial charge in [-0.15, -0.1) is 11.6 Å². The Morgan fingerprint density at radius 3 is 2.47 bits per heavy atom. The molecule has 1 unspecified atom stereocenters. The number of rotatable bonds is 5. The van der Waals surface area contributed by atoms with Crippen LogP contribution in [0, 0.1) is 17.7 Å². The predicted molar refractivity (Wildman–Crippen MR) is 63.8 cm³/mol. The zero-order valence-corrected chi connectivity index (χ0v) is 10.1. The first-order valence-electron chi connectivity index (χ1n) is 5.42. The normalized spacial score (nSPS) is 13.1. The molecule has 1 atom stereocenters. The van der Waals surface area contributed by atoms with Gasteiger partial charge in [-0.25, -0.2) is 4.39 Å². The molecule has 0 nitrogen and oxygen atoms in total. The van der Waals surface area contributed by atoms with E-state index in [9.17, 15) is 4.39 Å². The number of alkyl halides is 1. The van der Waals surface area contributed by atoms with E-state index in [1.807, 2.05) is 12.1 Å². The van der Waals surface area contributed by atoms with Crippen LogP contribution in [0.2, 0.25) is 0 Å². The van der Waals surface area contributed by atoms with E-state index in [0.717, 1.165) is 18.4 Å². The third kappa shape index (κ3) is 4.21. The van der Waals surface area contributed by atoms with Gasteiger partial charge < -0.3 is 0 Å². The van der Waals surface area contributed by atoms with Gasteiger partial charge in [0, 0.05) is 5.88 Å². The first-order valence-corrected chi connectivity index (χ1v) is 5.96. The Balaban J connectivity index is 2.62. The Hall–Kier alpha value is -0.560. The minimum atomic E-state index is -0.114. The van der Waals surface area contributed by atoms with Crippen LogP contribution >= 0.6 is 11.6 Å². The van der Waals surface area contributed by atoms with Gasteiger partial charge in [0.15, 0.2) is 0 Å². The summed E-state index contributed by atoms with van der Waals surface area (Å²) >= 11 is 5.89.